The number of methoxy groups -OCH3 is 2. The van der Waals surface area contributed by atoms with Crippen molar-refractivity contribution in [3.8, 4) is 17.2 Å². The molecule has 12 heteroatoms. The Morgan fingerprint density at radius 3 is 2.41 bits per heavy atom. The largest absolute Gasteiger partial charge is 0.494 e. The molecule has 1 aliphatic heterocycles. The van der Waals surface area contributed by atoms with Crippen molar-refractivity contribution in [2.24, 2.45) is 10.7 Å². The van der Waals surface area contributed by atoms with Gasteiger partial charge in [-0.05, 0) is 13.8 Å². The first kappa shape index (κ1) is 25.1. The summed E-state index contributed by atoms with van der Waals surface area (Å²) in [5.41, 5.74) is 5.75. The maximum Gasteiger partial charge on any atom is 0.227 e. The minimum Gasteiger partial charge on any atom is -0.494 e. The number of allylic oxidation sites excluding steroid dienone is 1. The van der Waals surface area contributed by atoms with Gasteiger partial charge < -0.3 is 34.7 Å². The molecule has 0 unspecified atom stereocenters. The number of rotatable bonds is 10. The van der Waals surface area contributed by atoms with Crippen molar-refractivity contribution in [1.82, 2.24) is 9.97 Å². The summed E-state index contributed by atoms with van der Waals surface area (Å²) in [5.74, 6) is -2.28. The number of halogens is 2. The van der Waals surface area contributed by atoms with Crippen molar-refractivity contribution in [2.75, 3.05) is 32.7 Å². The number of ether oxygens (including phenoxy) is 5. The molecule has 0 aliphatic carbocycles. The standard InChI is InChI=1S/C22H27F2N5O5/c1-22(2)33-11-15(34-22)8-26-7-13(6-25)29-21-27-9-14(10-28-21)32-12-16-19(23)17(30-3)5-18(31-4)20(16)24/h5-7,9-10,15H,8,11-12,25H2,1-4H3,(H,27,28,29)/b13-6+,26-7?/t15-/m1/s1. The molecule has 0 amide bonds. The fourth-order valence-electron chi connectivity index (χ4n) is 3.04. The summed E-state index contributed by atoms with van der Waals surface area (Å²) in [6.45, 7) is 4.12. The van der Waals surface area contributed by atoms with Crippen LogP contribution < -0.4 is 25.3 Å². The first-order valence-electron chi connectivity index (χ1n) is 10.3. The third kappa shape index (κ3) is 6.29. The Kier molecular flexibility index (Phi) is 8.18. The third-order valence-electron chi connectivity index (χ3n) is 4.72. The van der Waals surface area contributed by atoms with Crippen LogP contribution in [0.5, 0.6) is 17.2 Å². The summed E-state index contributed by atoms with van der Waals surface area (Å²) >= 11 is 0. The van der Waals surface area contributed by atoms with Crippen LogP contribution in [0.2, 0.25) is 0 Å². The molecule has 3 N–H and O–H groups in total. The van der Waals surface area contributed by atoms with E-state index in [1.54, 1.807) is 0 Å². The molecular formula is C22H27F2N5O5. The Labute approximate surface area is 195 Å². The van der Waals surface area contributed by atoms with Crippen LogP contribution in [0.15, 0.2) is 35.3 Å². The van der Waals surface area contributed by atoms with Crippen LogP contribution in [0.25, 0.3) is 0 Å². The summed E-state index contributed by atoms with van der Waals surface area (Å²) in [5, 5.41) is 2.90. The second-order valence-corrected chi connectivity index (χ2v) is 7.61. The molecule has 184 valence electrons. The molecule has 2 heterocycles. The summed E-state index contributed by atoms with van der Waals surface area (Å²) in [4.78, 5) is 12.5. The maximum atomic E-state index is 14.5. The van der Waals surface area contributed by atoms with Crippen LogP contribution in [0.4, 0.5) is 14.7 Å². The SMILES string of the molecule is COc1cc(OC)c(F)c(COc2cnc(N/C(C=NC[C@@H]3COC(C)(C)O3)=C/N)nc2)c1F. The maximum absolute atomic E-state index is 14.5. The van der Waals surface area contributed by atoms with Gasteiger partial charge in [0.05, 0.1) is 51.0 Å². The minimum atomic E-state index is -0.879. The van der Waals surface area contributed by atoms with Gasteiger partial charge in [0, 0.05) is 18.5 Å². The highest BCUT2D eigenvalue weighted by Crippen LogP contribution is 2.32. The Morgan fingerprint density at radius 2 is 1.88 bits per heavy atom. The summed E-state index contributed by atoms with van der Waals surface area (Å²) in [6.07, 6.45) is 5.40. The van der Waals surface area contributed by atoms with Gasteiger partial charge in [0.2, 0.25) is 5.95 Å². The van der Waals surface area contributed by atoms with Gasteiger partial charge >= 0.3 is 0 Å². The predicted molar refractivity (Wildman–Crippen MR) is 120 cm³/mol. The molecule has 1 fully saturated rings. The smallest absolute Gasteiger partial charge is 0.227 e. The molecule has 34 heavy (non-hydrogen) atoms. The van der Waals surface area contributed by atoms with E-state index in [2.05, 4.69) is 20.3 Å². The van der Waals surface area contributed by atoms with Crippen LogP contribution in [-0.2, 0) is 16.1 Å². The van der Waals surface area contributed by atoms with Gasteiger partial charge in [0.25, 0.3) is 0 Å². The highest BCUT2D eigenvalue weighted by atomic mass is 19.1. The molecule has 2 aromatic rings. The number of aromatic nitrogens is 2. The van der Waals surface area contributed by atoms with E-state index >= 15 is 0 Å². The molecule has 0 bridgehead atoms. The van der Waals surface area contributed by atoms with E-state index in [9.17, 15) is 8.78 Å². The zero-order valence-corrected chi connectivity index (χ0v) is 19.3. The molecular weight excluding hydrogens is 452 g/mol. The Morgan fingerprint density at radius 1 is 1.24 bits per heavy atom. The third-order valence-corrected chi connectivity index (χ3v) is 4.72. The van der Waals surface area contributed by atoms with Gasteiger partial charge in [0.1, 0.15) is 12.7 Å². The number of benzene rings is 1. The molecule has 0 radical (unpaired) electrons. The van der Waals surface area contributed by atoms with Crippen LogP contribution in [0.3, 0.4) is 0 Å². The van der Waals surface area contributed by atoms with Crippen molar-refractivity contribution in [1.29, 1.82) is 0 Å². The van der Waals surface area contributed by atoms with Gasteiger partial charge in [-0.25, -0.2) is 18.7 Å². The second kappa shape index (κ2) is 11.1. The fourth-order valence-corrected chi connectivity index (χ4v) is 3.04. The van der Waals surface area contributed by atoms with Gasteiger partial charge in [-0.3, -0.25) is 4.99 Å². The Balaban J connectivity index is 1.57. The molecule has 1 saturated heterocycles. The lowest BCUT2D eigenvalue weighted by molar-refractivity contribution is -0.137. The number of aliphatic imine (C=N–C) groups is 1. The topological polar surface area (TPSA) is 122 Å². The van der Waals surface area contributed by atoms with Crippen LogP contribution in [0.1, 0.15) is 19.4 Å². The van der Waals surface area contributed by atoms with E-state index in [4.69, 9.17) is 29.4 Å². The van der Waals surface area contributed by atoms with E-state index in [1.165, 1.54) is 39.0 Å². The number of hydrogen-bond acceptors (Lipinski definition) is 10. The summed E-state index contributed by atoms with van der Waals surface area (Å²) < 4.78 is 55.3. The minimum absolute atomic E-state index is 0.141. The quantitative estimate of drug-likeness (QED) is 0.495. The van der Waals surface area contributed by atoms with Crippen LogP contribution in [-0.4, -0.2) is 55.4 Å². The van der Waals surface area contributed by atoms with Crippen molar-refractivity contribution in [2.45, 2.75) is 32.3 Å². The second-order valence-electron chi connectivity index (χ2n) is 7.61. The van der Waals surface area contributed by atoms with Gasteiger partial charge in [-0.2, -0.15) is 0 Å². The molecule has 0 saturated carbocycles. The number of nitrogens with two attached hydrogens (primary N) is 1. The molecule has 1 aromatic heterocycles. The van der Waals surface area contributed by atoms with Crippen LogP contribution in [0, 0.1) is 11.6 Å². The first-order chi connectivity index (χ1) is 16.3. The lowest BCUT2D eigenvalue weighted by Gasteiger charge is -2.16. The average Bonchev–Trinajstić information content (AvgIpc) is 3.17. The number of nitrogens with zero attached hydrogens (tertiary/aromatic N) is 3. The predicted octanol–water partition coefficient (Wildman–Crippen LogP) is 2.79. The fraction of sp³-hybridized carbons (Fsp3) is 0.409. The number of hydrogen-bond donors (Lipinski definition) is 2. The normalized spacial score (nSPS) is 17.7. The average molecular weight is 479 g/mol. The molecule has 1 aromatic carbocycles. The number of anilines is 1. The molecule has 10 nitrogen and oxygen atoms in total. The monoisotopic (exact) mass is 479 g/mol. The Hall–Kier alpha value is -3.51. The molecule has 1 aliphatic rings. The van der Waals surface area contributed by atoms with Crippen molar-refractivity contribution >= 4 is 12.2 Å². The van der Waals surface area contributed by atoms with Crippen molar-refractivity contribution in [3.05, 3.63) is 47.6 Å². The van der Waals surface area contributed by atoms with E-state index in [0.29, 0.717) is 18.8 Å². The number of nitrogens with one attached hydrogen (secondary N) is 1. The van der Waals surface area contributed by atoms with Gasteiger partial charge in [-0.15, -0.1) is 0 Å². The highest BCUT2D eigenvalue weighted by Gasteiger charge is 2.32. The van der Waals surface area contributed by atoms with E-state index in [1.807, 2.05) is 13.8 Å². The zero-order valence-electron chi connectivity index (χ0n) is 19.3. The van der Waals surface area contributed by atoms with E-state index < -0.39 is 24.0 Å². The first-order valence-corrected chi connectivity index (χ1v) is 10.3. The van der Waals surface area contributed by atoms with E-state index in [-0.39, 0.29) is 34.9 Å². The van der Waals surface area contributed by atoms with Gasteiger partial charge in [0.15, 0.2) is 34.7 Å². The molecule has 0 spiro atoms. The molecule has 3 rings (SSSR count). The zero-order chi connectivity index (χ0) is 24.7. The van der Waals surface area contributed by atoms with Crippen LogP contribution >= 0.6 is 0 Å². The highest BCUT2D eigenvalue weighted by molar-refractivity contribution is 5.82. The van der Waals surface area contributed by atoms with Gasteiger partial charge in [-0.1, -0.05) is 0 Å². The van der Waals surface area contributed by atoms with E-state index in [0.717, 1.165) is 6.07 Å². The summed E-state index contributed by atoms with van der Waals surface area (Å²) in [7, 11) is 2.54. The lowest BCUT2D eigenvalue weighted by atomic mass is 10.1. The van der Waals surface area contributed by atoms with Crippen molar-refractivity contribution in [3.63, 3.8) is 0 Å². The summed E-state index contributed by atoms with van der Waals surface area (Å²) in [6, 6.07) is 1.12. The van der Waals surface area contributed by atoms with Crippen molar-refractivity contribution < 1.29 is 32.5 Å². The molecule has 1 atom stereocenters. The Bertz CT molecular complexity index is 1020. The lowest BCUT2D eigenvalue weighted by Crippen LogP contribution is -2.22.